The summed E-state index contributed by atoms with van der Waals surface area (Å²) in [5.74, 6) is -0.821. The molecule has 0 spiro atoms. The van der Waals surface area contributed by atoms with Gasteiger partial charge in [-0.15, -0.1) is 0 Å². The fourth-order valence-electron chi connectivity index (χ4n) is 2.61. The van der Waals surface area contributed by atoms with E-state index in [1.807, 2.05) is 0 Å². The number of aromatic carboxylic acids is 1. The average molecular weight is 340 g/mol. The third-order valence-electron chi connectivity index (χ3n) is 3.74. The second-order valence-electron chi connectivity index (χ2n) is 5.06. The van der Waals surface area contributed by atoms with Gasteiger partial charge in [-0.25, -0.2) is 13.2 Å². The van der Waals surface area contributed by atoms with Gasteiger partial charge < -0.3 is 19.6 Å². The van der Waals surface area contributed by atoms with Gasteiger partial charge in [0, 0.05) is 24.5 Å². The van der Waals surface area contributed by atoms with Crippen LogP contribution in [0.15, 0.2) is 23.1 Å². The first-order chi connectivity index (χ1) is 10.9. The number of benzene rings is 1. The minimum Gasteiger partial charge on any atom is -0.497 e. The van der Waals surface area contributed by atoms with Gasteiger partial charge in [0.15, 0.2) is 0 Å². The van der Waals surface area contributed by atoms with Crippen LogP contribution in [0, 0.1) is 0 Å². The lowest BCUT2D eigenvalue weighted by Crippen LogP contribution is -2.41. The van der Waals surface area contributed by atoms with Crippen LogP contribution in [0.2, 0.25) is 0 Å². The first kappa shape index (κ1) is 15.8. The van der Waals surface area contributed by atoms with Crippen molar-refractivity contribution in [3.05, 3.63) is 23.9 Å². The van der Waals surface area contributed by atoms with E-state index >= 15 is 0 Å². The van der Waals surface area contributed by atoms with Crippen molar-refractivity contribution in [1.82, 2.24) is 9.29 Å². The molecule has 3 rings (SSSR count). The summed E-state index contributed by atoms with van der Waals surface area (Å²) in [5, 5.41) is 9.71. The van der Waals surface area contributed by atoms with Gasteiger partial charge in [-0.1, -0.05) is 0 Å². The van der Waals surface area contributed by atoms with Crippen LogP contribution in [0.25, 0.3) is 10.9 Å². The van der Waals surface area contributed by atoms with E-state index < -0.39 is 16.0 Å². The zero-order valence-corrected chi connectivity index (χ0v) is 13.2. The van der Waals surface area contributed by atoms with Crippen LogP contribution >= 0.6 is 0 Å². The first-order valence-electron chi connectivity index (χ1n) is 6.96. The molecule has 2 heterocycles. The molecule has 9 heteroatoms. The number of ether oxygens (including phenoxy) is 2. The molecular formula is C14H16N2O6S. The third-order valence-corrected chi connectivity index (χ3v) is 5.72. The molecule has 0 saturated carbocycles. The zero-order chi connectivity index (χ0) is 16.6. The van der Waals surface area contributed by atoms with Gasteiger partial charge in [0.1, 0.15) is 16.3 Å². The number of carboxylic acid groups (broad SMARTS) is 1. The van der Waals surface area contributed by atoms with Crippen LogP contribution in [-0.4, -0.2) is 62.2 Å². The van der Waals surface area contributed by atoms with E-state index in [0.717, 1.165) is 0 Å². The van der Waals surface area contributed by atoms with Crippen molar-refractivity contribution in [2.45, 2.75) is 4.90 Å². The van der Waals surface area contributed by atoms with Crippen LogP contribution < -0.4 is 4.74 Å². The van der Waals surface area contributed by atoms with Gasteiger partial charge in [0.2, 0.25) is 10.0 Å². The van der Waals surface area contributed by atoms with Crippen LogP contribution in [0.3, 0.4) is 0 Å². The second-order valence-corrected chi connectivity index (χ2v) is 6.94. The van der Waals surface area contributed by atoms with E-state index in [-0.39, 0.29) is 36.9 Å². The second kappa shape index (κ2) is 5.84. The van der Waals surface area contributed by atoms with Crippen molar-refractivity contribution < 1.29 is 27.8 Å². The highest BCUT2D eigenvalue weighted by atomic mass is 32.2. The highest BCUT2D eigenvalue weighted by molar-refractivity contribution is 7.89. The Morgan fingerprint density at radius 1 is 1.35 bits per heavy atom. The lowest BCUT2D eigenvalue weighted by Gasteiger charge is -2.26. The molecule has 1 aromatic heterocycles. The van der Waals surface area contributed by atoms with Crippen molar-refractivity contribution in [3.63, 3.8) is 0 Å². The lowest BCUT2D eigenvalue weighted by molar-refractivity contribution is 0.0683. The summed E-state index contributed by atoms with van der Waals surface area (Å²) in [6.45, 7) is 0.976. The quantitative estimate of drug-likeness (QED) is 0.856. The van der Waals surface area contributed by atoms with E-state index in [1.54, 1.807) is 18.2 Å². The number of hydrogen-bond donors (Lipinski definition) is 2. The summed E-state index contributed by atoms with van der Waals surface area (Å²) in [6.07, 6.45) is 0. The Morgan fingerprint density at radius 2 is 2.04 bits per heavy atom. The summed E-state index contributed by atoms with van der Waals surface area (Å²) >= 11 is 0. The van der Waals surface area contributed by atoms with E-state index in [1.165, 1.54) is 11.4 Å². The number of nitrogens with zero attached hydrogens (tertiary/aromatic N) is 1. The van der Waals surface area contributed by atoms with Crippen LogP contribution in [-0.2, 0) is 14.8 Å². The van der Waals surface area contributed by atoms with Gasteiger partial charge >= 0.3 is 5.97 Å². The fourth-order valence-corrected chi connectivity index (χ4v) is 4.35. The fraction of sp³-hybridized carbons (Fsp3) is 0.357. The molecule has 124 valence electrons. The number of hydrogen-bond acceptors (Lipinski definition) is 5. The maximum atomic E-state index is 12.9. The molecule has 1 fully saturated rings. The predicted molar refractivity (Wildman–Crippen MR) is 81.4 cm³/mol. The van der Waals surface area contributed by atoms with E-state index in [2.05, 4.69) is 4.98 Å². The molecule has 23 heavy (non-hydrogen) atoms. The predicted octanol–water partition coefficient (Wildman–Crippen LogP) is 0.896. The van der Waals surface area contributed by atoms with Crippen molar-refractivity contribution in [3.8, 4) is 5.75 Å². The molecule has 0 bridgehead atoms. The summed E-state index contributed by atoms with van der Waals surface area (Å²) in [4.78, 5) is 14.0. The number of carbonyl (C=O) groups is 1. The normalized spacial score (nSPS) is 16.6. The molecule has 0 aliphatic carbocycles. The SMILES string of the molecule is COc1ccc2c(S(=O)(=O)N3CCOCC3)c(C(=O)O)[nH]c2c1. The van der Waals surface area contributed by atoms with Crippen molar-refractivity contribution in [1.29, 1.82) is 0 Å². The number of aromatic nitrogens is 1. The third kappa shape index (κ3) is 2.67. The molecular weight excluding hydrogens is 324 g/mol. The number of carboxylic acids is 1. The number of methoxy groups -OCH3 is 1. The lowest BCUT2D eigenvalue weighted by atomic mass is 10.2. The van der Waals surface area contributed by atoms with Crippen molar-refractivity contribution in [2.24, 2.45) is 0 Å². The van der Waals surface area contributed by atoms with Crippen LogP contribution in [0.5, 0.6) is 5.75 Å². The molecule has 0 atom stereocenters. The summed E-state index contributed by atoms with van der Waals surface area (Å²) in [7, 11) is -2.46. The van der Waals surface area contributed by atoms with Gasteiger partial charge in [-0.3, -0.25) is 0 Å². The van der Waals surface area contributed by atoms with E-state index in [0.29, 0.717) is 16.7 Å². The molecule has 1 aliphatic rings. The summed E-state index contributed by atoms with van der Waals surface area (Å²) in [6, 6.07) is 4.71. The Morgan fingerprint density at radius 3 is 2.65 bits per heavy atom. The summed E-state index contributed by atoms with van der Waals surface area (Å²) < 4.78 is 37.3. The summed E-state index contributed by atoms with van der Waals surface area (Å²) in [5.41, 5.74) is 0.0494. The maximum Gasteiger partial charge on any atom is 0.353 e. The smallest absolute Gasteiger partial charge is 0.353 e. The van der Waals surface area contributed by atoms with Crippen LogP contribution in [0.1, 0.15) is 10.5 Å². The Balaban J connectivity index is 2.22. The Hall–Kier alpha value is -2.10. The molecule has 1 aromatic carbocycles. The van der Waals surface area contributed by atoms with Gasteiger partial charge in [0.05, 0.1) is 25.8 Å². The van der Waals surface area contributed by atoms with Gasteiger partial charge in [-0.2, -0.15) is 4.31 Å². The number of morpholine rings is 1. The number of nitrogens with one attached hydrogen (secondary N) is 1. The molecule has 1 saturated heterocycles. The van der Waals surface area contributed by atoms with Crippen LogP contribution in [0.4, 0.5) is 0 Å². The number of rotatable bonds is 4. The number of aromatic amines is 1. The largest absolute Gasteiger partial charge is 0.497 e. The van der Waals surface area contributed by atoms with E-state index in [9.17, 15) is 18.3 Å². The van der Waals surface area contributed by atoms with Crippen molar-refractivity contribution in [2.75, 3.05) is 33.4 Å². The molecule has 2 N–H and O–H groups in total. The minimum atomic E-state index is -3.94. The van der Waals surface area contributed by atoms with E-state index in [4.69, 9.17) is 9.47 Å². The number of sulfonamides is 1. The highest BCUT2D eigenvalue weighted by Gasteiger charge is 2.34. The molecule has 0 unspecified atom stereocenters. The standard InChI is InChI=1S/C14H16N2O6S/c1-21-9-2-3-10-11(8-9)15-12(14(17)18)13(10)23(19,20)16-4-6-22-7-5-16/h2-3,8,15H,4-7H2,1H3,(H,17,18). The Kier molecular flexibility index (Phi) is 4.00. The number of H-pyrrole nitrogens is 1. The highest BCUT2D eigenvalue weighted by Crippen LogP contribution is 2.32. The Bertz CT molecular complexity index is 852. The van der Waals surface area contributed by atoms with Gasteiger partial charge in [0.25, 0.3) is 0 Å². The zero-order valence-electron chi connectivity index (χ0n) is 12.4. The number of fused-ring (bicyclic) bond motifs is 1. The topological polar surface area (TPSA) is 109 Å². The average Bonchev–Trinajstić information content (AvgIpc) is 2.95. The first-order valence-corrected chi connectivity index (χ1v) is 8.40. The maximum absolute atomic E-state index is 12.9. The van der Waals surface area contributed by atoms with Gasteiger partial charge in [-0.05, 0) is 12.1 Å². The minimum absolute atomic E-state index is 0.199. The Labute approximate surface area is 132 Å². The molecule has 8 nitrogen and oxygen atoms in total. The van der Waals surface area contributed by atoms with Crippen molar-refractivity contribution >= 4 is 26.9 Å². The molecule has 0 amide bonds. The monoisotopic (exact) mass is 340 g/mol. The molecule has 0 radical (unpaired) electrons. The molecule has 2 aromatic rings. The molecule has 1 aliphatic heterocycles.